The number of anilines is 2. The van der Waals surface area contributed by atoms with Gasteiger partial charge in [0.15, 0.2) is 0 Å². The van der Waals surface area contributed by atoms with E-state index in [0.29, 0.717) is 5.56 Å². The number of aromatic amines is 1. The summed E-state index contributed by atoms with van der Waals surface area (Å²) in [7, 11) is 0. The molecule has 1 saturated heterocycles. The van der Waals surface area contributed by atoms with Crippen LogP contribution in [0.1, 0.15) is 29.6 Å². The molecular formula is C17H19BrN3O+. The average Bonchev–Trinajstić information content (AvgIpc) is 2.58. The molecule has 4 nitrogen and oxygen atoms in total. The number of carbonyl (C=O) groups excluding carboxylic acids is 1. The van der Waals surface area contributed by atoms with Crippen molar-refractivity contribution >= 4 is 33.3 Å². The van der Waals surface area contributed by atoms with Gasteiger partial charge in [0, 0.05) is 10.2 Å². The van der Waals surface area contributed by atoms with E-state index in [-0.39, 0.29) is 5.91 Å². The quantitative estimate of drug-likeness (QED) is 0.910. The molecule has 22 heavy (non-hydrogen) atoms. The van der Waals surface area contributed by atoms with Crippen molar-refractivity contribution in [3.05, 3.63) is 52.6 Å². The summed E-state index contributed by atoms with van der Waals surface area (Å²) in [4.78, 5) is 18.1. The zero-order valence-corrected chi connectivity index (χ0v) is 13.9. The minimum atomic E-state index is -0.0836. The third kappa shape index (κ3) is 3.47. The number of nitrogens with one attached hydrogen (secondary N) is 2. The lowest BCUT2D eigenvalue weighted by Gasteiger charge is -2.22. The fourth-order valence-electron chi connectivity index (χ4n) is 2.72. The summed E-state index contributed by atoms with van der Waals surface area (Å²) >= 11 is 3.40. The Morgan fingerprint density at radius 3 is 2.55 bits per heavy atom. The maximum absolute atomic E-state index is 12.6. The van der Waals surface area contributed by atoms with Crippen LogP contribution in [0.4, 0.5) is 11.5 Å². The van der Waals surface area contributed by atoms with Gasteiger partial charge in [0.2, 0.25) is 0 Å². The molecule has 1 aliphatic rings. The van der Waals surface area contributed by atoms with Gasteiger partial charge in [-0.25, -0.2) is 4.98 Å². The lowest BCUT2D eigenvalue weighted by atomic mass is 10.1. The third-order valence-corrected chi connectivity index (χ3v) is 4.38. The molecule has 2 aromatic rings. The Hall–Kier alpha value is -1.88. The van der Waals surface area contributed by atoms with E-state index in [1.807, 2.05) is 42.6 Å². The summed E-state index contributed by atoms with van der Waals surface area (Å²) in [5.41, 5.74) is 1.48. The number of rotatable bonds is 3. The molecule has 0 saturated carbocycles. The van der Waals surface area contributed by atoms with Crippen molar-refractivity contribution in [3.63, 3.8) is 0 Å². The SMILES string of the molecule is O=C(Nc1ccc(Br)cc1)c1ccc[nH+]c1N1CCCCC1. The van der Waals surface area contributed by atoms with Crippen LogP contribution in [0.3, 0.4) is 0 Å². The van der Waals surface area contributed by atoms with Crippen LogP contribution in [-0.4, -0.2) is 19.0 Å². The topological polar surface area (TPSA) is 46.5 Å². The minimum absolute atomic E-state index is 0.0836. The molecule has 0 spiro atoms. The highest BCUT2D eigenvalue weighted by Gasteiger charge is 2.25. The molecule has 114 valence electrons. The van der Waals surface area contributed by atoms with Crippen molar-refractivity contribution in [2.45, 2.75) is 19.3 Å². The number of halogens is 1. The number of H-pyrrole nitrogens is 1. The van der Waals surface area contributed by atoms with Gasteiger partial charge in [-0.05, 0) is 55.7 Å². The number of hydrogen-bond acceptors (Lipinski definition) is 2. The Morgan fingerprint density at radius 1 is 1.09 bits per heavy atom. The monoisotopic (exact) mass is 360 g/mol. The predicted octanol–water partition coefficient (Wildman–Crippen LogP) is 3.51. The Kier molecular flexibility index (Phi) is 4.73. The van der Waals surface area contributed by atoms with Gasteiger partial charge in [-0.15, -0.1) is 0 Å². The summed E-state index contributed by atoms with van der Waals surface area (Å²) in [5, 5.41) is 2.96. The average molecular weight is 361 g/mol. The van der Waals surface area contributed by atoms with Crippen LogP contribution in [0.5, 0.6) is 0 Å². The first-order valence-corrected chi connectivity index (χ1v) is 8.36. The summed E-state index contributed by atoms with van der Waals surface area (Å²) in [5.74, 6) is 0.830. The second-order valence-corrected chi connectivity index (χ2v) is 6.36. The number of hydrogen-bond donors (Lipinski definition) is 1. The van der Waals surface area contributed by atoms with Crippen molar-refractivity contribution in [2.24, 2.45) is 0 Å². The maximum atomic E-state index is 12.6. The van der Waals surface area contributed by atoms with E-state index in [0.717, 1.165) is 29.1 Å². The van der Waals surface area contributed by atoms with Gasteiger partial charge < -0.3 is 5.32 Å². The van der Waals surface area contributed by atoms with E-state index >= 15 is 0 Å². The van der Waals surface area contributed by atoms with Crippen molar-refractivity contribution in [3.8, 4) is 0 Å². The van der Waals surface area contributed by atoms with Crippen LogP contribution in [0.2, 0.25) is 0 Å². The molecule has 0 unspecified atom stereocenters. The van der Waals surface area contributed by atoms with Crippen LogP contribution in [0, 0.1) is 0 Å². The number of nitrogens with zero attached hydrogens (tertiary/aromatic N) is 1. The van der Waals surface area contributed by atoms with Crippen LogP contribution in [-0.2, 0) is 0 Å². The highest BCUT2D eigenvalue weighted by atomic mass is 79.9. The smallest absolute Gasteiger partial charge is 0.287 e. The number of pyridine rings is 1. The second kappa shape index (κ2) is 6.92. The first kappa shape index (κ1) is 15.0. The summed E-state index contributed by atoms with van der Waals surface area (Å²) in [6, 6.07) is 11.3. The zero-order chi connectivity index (χ0) is 15.4. The minimum Gasteiger partial charge on any atom is -0.322 e. The van der Waals surface area contributed by atoms with E-state index in [9.17, 15) is 4.79 Å². The fraction of sp³-hybridized carbons (Fsp3) is 0.294. The molecule has 1 fully saturated rings. The van der Waals surface area contributed by atoms with E-state index in [1.54, 1.807) is 0 Å². The molecule has 1 aromatic heterocycles. The molecule has 0 radical (unpaired) electrons. The number of aromatic nitrogens is 1. The van der Waals surface area contributed by atoms with Crippen molar-refractivity contribution in [2.75, 3.05) is 23.3 Å². The van der Waals surface area contributed by atoms with E-state index in [2.05, 4.69) is 31.1 Å². The van der Waals surface area contributed by atoms with Gasteiger partial charge in [-0.3, -0.25) is 9.69 Å². The molecule has 0 bridgehead atoms. The lowest BCUT2D eigenvalue weighted by molar-refractivity contribution is -0.364. The van der Waals surface area contributed by atoms with Crippen LogP contribution in [0.25, 0.3) is 0 Å². The van der Waals surface area contributed by atoms with Gasteiger partial charge in [-0.1, -0.05) is 15.9 Å². The highest BCUT2D eigenvalue weighted by Crippen LogP contribution is 2.21. The van der Waals surface area contributed by atoms with Crippen molar-refractivity contribution in [1.29, 1.82) is 0 Å². The largest absolute Gasteiger partial charge is 0.322 e. The van der Waals surface area contributed by atoms with Crippen molar-refractivity contribution in [1.82, 2.24) is 0 Å². The van der Waals surface area contributed by atoms with Crippen LogP contribution in [0.15, 0.2) is 47.1 Å². The molecule has 0 aliphatic carbocycles. The number of amides is 1. The van der Waals surface area contributed by atoms with E-state index in [4.69, 9.17) is 0 Å². The molecule has 2 N–H and O–H groups in total. The van der Waals surface area contributed by atoms with E-state index in [1.165, 1.54) is 19.3 Å². The van der Waals surface area contributed by atoms with Gasteiger partial charge in [0.25, 0.3) is 11.7 Å². The number of benzene rings is 1. The molecule has 2 heterocycles. The van der Waals surface area contributed by atoms with Crippen LogP contribution < -0.4 is 15.2 Å². The predicted molar refractivity (Wildman–Crippen MR) is 91.2 cm³/mol. The lowest BCUT2D eigenvalue weighted by Crippen LogP contribution is -2.36. The summed E-state index contributed by atoms with van der Waals surface area (Å²) < 4.78 is 0.993. The molecule has 5 heteroatoms. The molecule has 0 atom stereocenters. The van der Waals surface area contributed by atoms with Gasteiger partial charge in [-0.2, -0.15) is 0 Å². The first-order chi connectivity index (χ1) is 10.7. The van der Waals surface area contributed by atoms with Gasteiger partial charge in [0.1, 0.15) is 5.56 Å². The molecular weight excluding hydrogens is 342 g/mol. The molecule has 1 aromatic carbocycles. The van der Waals surface area contributed by atoms with E-state index < -0.39 is 0 Å². The molecule has 3 rings (SSSR count). The standard InChI is InChI=1S/C17H18BrN3O/c18-13-6-8-14(9-7-13)20-17(22)15-5-4-10-19-16(15)21-11-2-1-3-12-21/h4-10H,1-3,11-12H2,(H,20,22)/p+1. The Labute approximate surface area is 138 Å². The first-order valence-electron chi connectivity index (χ1n) is 7.56. The molecule has 1 amide bonds. The summed E-state index contributed by atoms with van der Waals surface area (Å²) in [6.07, 6.45) is 5.50. The Morgan fingerprint density at radius 2 is 1.82 bits per heavy atom. The highest BCUT2D eigenvalue weighted by molar-refractivity contribution is 9.10. The maximum Gasteiger partial charge on any atom is 0.287 e. The molecule has 1 aliphatic heterocycles. The zero-order valence-electron chi connectivity index (χ0n) is 12.3. The second-order valence-electron chi connectivity index (χ2n) is 5.44. The fourth-order valence-corrected chi connectivity index (χ4v) is 2.99. The van der Waals surface area contributed by atoms with Gasteiger partial charge in [0.05, 0.1) is 19.3 Å². The number of carbonyl (C=O) groups is 1. The van der Waals surface area contributed by atoms with Crippen molar-refractivity contribution < 1.29 is 9.78 Å². The third-order valence-electron chi connectivity index (χ3n) is 3.85. The summed E-state index contributed by atoms with van der Waals surface area (Å²) in [6.45, 7) is 2.00. The Bertz CT molecular complexity index is 651. The Balaban J connectivity index is 1.81. The normalized spacial score (nSPS) is 14.7. The van der Waals surface area contributed by atoms with Gasteiger partial charge >= 0.3 is 0 Å². The number of piperidine rings is 1. The van der Waals surface area contributed by atoms with Crippen LogP contribution >= 0.6 is 15.9 Å².